The molecule has 0 radical (unpaired) electrons. The van der Waals surface area contributed by atoms with Crippen molar-refractivity contribution in [2.75, 3.05) is 5.32 Å². The molecular weight excluding hydrogens is 480 g/mol. The molecule has 1 heterocycles. The van der Waals surface area contributed by atoms with Crippen LogP contribution in [0.25, 0.3) is 10.9 Å². The Balaban J connectivity index is 1.73. The van der Waals surface area contributed by atoms with E-state index in [1.807, 2.05) is 25.1 Å². The van der Waals surface area contributed by atoms with Gasteiger partial charge in [0.15, 0.2) is 0 Å². The Hall–Kier alpha value is -4.02. The van der Waals surface area contributed by atoms with Crippen LogP contribution in [0.15, 0.2) is 87.3 Å². The molecule has 0 aliphatic carbocycles. The Morgan fingerprint density at radius 3 is 2.33 bits per heavy atom. The summed E-state index contributed by atoms with van der Waals surface area (Å²) < 4.78 is 31.5. The Morgan fingerprint density at radius 2 is 1.64 bits per heavy atom. The maximum atomic E-state index is 13.4. The molecule has 1 aromatic heterocycles. The van der Waals surface area contributed by atoms with Crippen molar-refractivity contribution in [1.82, 2.24) is 13.9 Å². The number of amides is 1. The zero-order valence-electron chi connectivity index (χ0n) is 20.1. The van der Waals surface area contributed by atoms with Gasteiger partial charge in [0.2, 0.25) is 15.9 Å². The van der Waals surface area contributed by atoms with Gasteiger partial charge in [0.05, 0.1) is 15.8 Å². The van der Waals surface area contributed by atoms with Crippen LogP contribution in [-0.2, 0) is 35.3 Å². The molecule has 0 unspecified atom stereocenters. The van der Waals surface area contributed by atoms with E-state index in [1.54, 1.807) is 36.4 Å². The molecule has 1 amide bonds. The van der Waals surface area contributed by atoms with Gasteiger partial charge >= 0.3 is 5.69 Å². The van der Waals surface area contributed by atoms with Crippen LogP contribution in [0.2, 0.25) is 0 Å². The summed E-state index contributed by atoms with van der Waals surface area (Å²) in [5.74, 6) is -0.558. The quantitative estimate of drug-likeness (QED) is 0.399. The summed E-state index contributed by atoms with van der Waals surface area (Å²) in [4.78, 5) is 37.9. The van der Waals surface area contributed by atoms with Gasteiger partial charge in [0.25, 0.3) is 5.56 Å². The normalized spacial score (nSPS) is 12.4. The standard InChI is InChI=1S/C26H26N4O5S/c1-4-17-9-8-12-19(15-17)27-24(31)23(18-10-6-5-7-11-18)28-36(34,35)20-13-14-22-21(16-20)25(32)30(3)26(33)29(22)2/h5-16,23,28H,4H2,1-3H3,(H,27,31)/t23-/m1/s1. The van der Waals surface area contributed by atoms with Crippen molar-refractivity contribution in [2.45, 2.75) is 24.3 Å². The summed E-state index contributed by atoms with van der Waals surface area (Å²) in [7, 11) is -1.42. The van der Waals surface area contributed by atoms with E-state index in [0.717, 1.165) is 16.6 Å². The fourth-order valence-electron chi connectivity index (χ4n) is 3.97. The second-order valence-electron chi connectivity index (χ2n) is 8.39. The first-order valence-corrected chi connectivity index (χ1v) is 12.8. The molecule has 0 saturated carbocycles. The zero-order chi connectivity index (χ0) is 26.0. The number of aromatic nitrogens is 2. The molecule has 2 N–H and O–H groups in total. The van der Waals surface area contributed by atoms with E-state index in [2.05, 4.69) is 10.0 Å². The fourth-order valence-corrected chi connectivity index (χ4v) is 5.18. The topological polar surface area (TPSA) is 119 Å². The third-order valence-electron chi connectivity index (χ3n) is 6.02. The molecule has 4 rings (SSSR count). The predicted molar refractivity (Wildman–Crippen MR) is 138 cm³/mol. The molecule has 0 aliphatic heterocycles. The van der Waals surface area contributed by atoms with Crippen molar-refractivity contribution in [3.8, 4) is 0 Å². The highest BCUT2D eigenvalue weighted by molar-refractivity contribution is 7.89. The number of carbonyl (C=O) groups excluding carboxylic acids is 1. The number of hydrogen-bond donors (Lipinski definition) is 2. The number of benzene rings is 3. The third-order valence-corrected chi connectivity index (χ3v) is 7.44. The fraction of sp³-hybridized carbons (Fsp3) is 0.192. The number of anilines is 1. The van der Waals surface area contributed by atoms with Crippen LogP contribution in [-0.4, -0.2) is 23.5 Å². The van der Waals surface area contributed by atoms with Crippen molar-refractivity contribution in [2.24, 2.45) is 14.1 Å². The van der Waals surface area contributed by atoms with Crippen LogP contribution in [0.1, 0.15) is 24.1 Å². The number of nitrogens with one attached hydrogen (secondary N) is 2. The lowest BCUT2D eigenvalue weighted by atomic mass is 10.1. The first kappa shape index (κ1) is 25.1. The molecule has 0 fully saturated rings. The monoisotopic (exact) mass is 506 g/mol. The highest BCUT2D eigenvalue weighted by Gasteiger charge is 2.28. The van der Waals surface area contributed by atoms with Crippen molar-refractivity contribution < 1.29 is 13.2 Å². The Labute approximate surface area is 208 Å². The highest BCUT2D eigenvalue weighted by atomic mass is 32.2. The summed E-state index contributed by atoms with van der Waals surface area (Å²) in [5.41, 5.74) is 1.19. The van der Waals surface area contributed by atoms with E-state index in [9.17, 15) is 22.8 Å². The van der Waals surface area contributed by atoms with Crippen molar-refractivity contribution >= 4 is 32.5 Å². The zero-order valence-corrected chi connectivity index (χ0v) is 20.9. The molecule has 186 valence electrons. The van der Waals surface area contributed by atoms with Gasteiger partial charge in [-0.15, -0.1) is 0 Å². The van der Waals surface area contributed by atoms with Crippen LogP contribution in [0.3, 0.4) is 0 Å². The van der Waals surface area contributed by atoms with E-state index < -0.39 is 33.2 Å². The van der Waals surface area contributed by atoms with Crippen LogP contribution >= 0.6 is 0 Å². The van der Waals surface area contributed by atoms with Crippen LogP contribution < -0.4 is 21.3 Å². The van der Waals surface area contributed by atoms with E-state index in [-0.39, 0.29) is 10.3 Å². The number of nitrogens with zero attached hydrogens (tertiary/aromatic N) is 2. The number of hydrogen-bond acceptors (Lipinski definition) is 5. The van der Waals surface area contributed by atoms with E-state index in [0.29, 0.717) is 16.8 Å². The minimum Gasteiger partial charge on any atom is -0.324 e. The summed E-state index contributed by atoms with van der Waals surface area (Å²) in [6.07, 6.45) is 0.783. The molecule has 0 aliphatic rings. The van der Waals surface area contributed by atoms with Gasteiger partial charge in [-0.25, -0.2) is 13.2 Å². The average Bonchev–Trinajstić information content (AvgIpc) is 2.89. The largest absolute Gasteiger partial charge is 0.330 e. The molecule has 10 heteroatoms. The lowest BCUT2D eigenvalue weighted by molar-refractivity contribution is -0.117. The molecule has 0 spiro atoms. The maximum Gasteiger partial charge on any atom is 0.330 e. The van der Waals surface area contributed by atoms with Gasteiger partial charge < -0.3 is 5.32 Å². The van der Waals surface area contributed by atoms with Crippen molar-refractivity contribution in [3.63, 3.8) is 0 Å². The summed E-state index contributed by atoms with van der Waals surface area (Å²) in [6.45, 7) is 2.00. The van der Waals surface area contributed by atoms with Crippen LogP contribution in [0.5, 0.6) is 0 Å². The van der Waals surface area contributed by atoms with Crippen molar-refractivity contribution in [3.05, 3.63) is 105 Å². The number of sulfonamides is 1. The minimum absolute atomic E-state index is 0.0690. The first-order valence-electron chi connectivity index (χ1n) is 11.3. The van der Waals surface area contributed by atoms with Crippen molar-refractivity contribution in [1.29, 1.82) is 0 Å². The number of carbonyl (C=O) groups is 1. The lowest BCUT2D eigenvalue weighted by Gasteiger charge is -2.19. The van der Waals surface area contributed by atoms with Gasteiger partial charge in [0.1, 0.15) is 6.04 Å². The molecule has 1 atom stereocenters. The van der Waals surface area contributed by atoms with Gasteiger partial charge in [-0.2, -0.15) is 4.72 Å². The highest BCUT2D eigenvalue weighted by Crippen LogP contribution is 2.22. The summed E-state index contributed by atoms with van der Waals surface area (Å²) >= 11 is 0. The van der Waals surface area contributed by atoms with Gasteiger partial charge in [-0.1, -0.05) is 49.4 Å². The first-order chi connectivity index (χ1) is 17.1. The molecular formula is C26H26N4O5S. The number of rotatable bonds is 7. The van der Waals surface area contributed by atoms with E-state index in [1.165, 1.54) is 36.9 Å². The second-order valence-corrected chi connectivity index (χ2v) is 10.1. The average molecular weight is 507 g/mol. The minimum atomic E-state index is -4.25. The van der Waals surface area contributed by atoms with Gasteiger partial charge in [-0.05, 0) is 47.9 Å². The molecule has 0 bridgehead atoms. The maximum absolute atomic E-state index is 13.4. The van der Waals surface area contributed by atoms with E-state index >= 15 is 0 Å². The van der Waals surface area contributed by atoms with Crippen LogP contribution in [0, 0.1) is 0 Å². The summed E-state index contributed by atoms with van der Waals surface area (Å²) in [5, 5.41) is 2.86. The summed E-state index contributed by atoms with van der Waals surface area (Å²) in [6, 6.07) is 18.5. The van der Waals surface area contributed by atoms with Gasteiger partial charge in [0, 0.05) is 19.8 Å². The SMILES string of the molecule is CCc1cccc(NC(=O)[C@H](NS(=O)(=O)c2ccc3c(c2)c(=O)n(C)c(=O)n3C)c2ccccc2)c1. The lowest BCUT2D eigenvalue weighted by Crippen LogP contribution is -2.38. The molecule has 0 saturated heterocycles. The second kappa shape index (κ2) is 9.92. The smallest absolute Gasteiger partial charge is 0.324 e. The Morgan fingerprint density at radius 1 is 0.917 bits per heavy atom. The third kappa shape index (κ3) is 4.86. The number of fused-ring (bicyclic) bond motifs is 1. The molecule has 4 aromatic rings. The molecule has 9 nitrogen and oxygen atoms in total. The Bertz CT molecular complexity index is 1670. The number of aryl methyl sites for hydroxylation is 2. The van der Waals surface area contributed by atoms with E-state index in [4.69, 9.17) is 0 Å². The Kier molecular flexibility index (Phi) is 6.91. The predicted octanol–water partition coefficient (Wildman–Crippen LogP) is 2.46. The molecule has 3 aromatic carbocycles. The van der Waals surface area contributed by atoms with Crippen LogP contribution in [0.4, 0.5) is 5.69 Å². The van der Waals surface area contributed by atoms with Gasteiger partial charge in [-0.3, -0.25) is 18.7 Å². The molecule has 36 heavy (non-hydrogen) atoms.